The van der Waals surface area contributed by atoms with Gasteiger partial charge in [0.25, 0.3) is 0 Å². The van der Waals surface area contributed by atoms with Crippen molar-refractivity contribution in [2.45, 2.75) is 25.3 Å². The van der Waals surface area contributed by atoms with Crippen LogP contribution < -0.4 is 0 Å². The van der Waals surface area contributed by atoms with E-state index in [4.69, 9.17) is 16.0 Å². The molecular weight excluding hydrogens is 279 g/mol. The molecule has 0 spiro atoms. The van der Waals surface area contributed by atoms with Gasteiger partial charge in [0.1, 0.15) is 17.4 Å². The molecule has 0 aliphatic heterocycles. The molecule has 0 N–H and O–H groups in total. The van der Waals surface area contributed by atoms with E-state index < -0.39 is 0 Å². The van der Waals surface area contributed by atoms with Crippen LogP contribution in [0.3, 0.4) is 0 Å². The molecule has 2 aromatic heterocycles. The number of benzene rings is 1. The Balaban J connectivity index is 2.24. The summed E-state index contributed by atoms with van der Waals surface area (Å²) in [5.74, 6) is 1.21. The van der Waals surface area contributed by atoms with Gasteiger partial charge in [-0.25, -0.2) is 9.37 Å². The minimum absolute atomic E-state index is 0.0586. The first kappa shape index (κ1) is 13.2. The van der Waals surface area contributed by atoms with Crippen LogP contribution in [0.4, 0.5) is 4.39 Å². The van der Waals surface area contributed by atoms with Gasteiger partial charge in [0, 0.05) is 6.07 Å². The molecule has 0 fully saturated rings. The summed E-state index contributed by atoms with van der Waals surface area (Å²) >= 11 is 6.22. The van der Waals surface area contributed by atoms with Crippen LogP contribution in [0.1, 0.15) is 36.9 Å². The minimum atomic E-state index is -0.304. The van der Waals surface area contributed by atoms with Crippen molar-refractivity contribution in [3.63, 3.8) is 0 Å². The Labute approximate surface area is 121 Å². The van der Waals surface area contributed by atoms with E-state index in [1.54, 1.807) is 12.3 Å². The fourth-order valence-corrected chi connectivity index (χ4v) is 2.59. The second-order valence-electron chi connectivity index (χ2n) is 4.78. The van der Waals surface area contributed by atoms with Gasteiger partial charge < -0.3 is 8.98 Å². The number of aromatic nitrogens is 2. The van der Waals surface area contributed by atoms with Gasteiger partial charge in [-0.15, -0.1) is 11.6 Å². The Morgan fingerprint density at radius 1 is 1.30 bits per heavy atom. The van der Waals surface area contributed by atoms with Crippen LogP contribution in [0.2, 0.25) is 0 Å². The van der Waals surface area contributed by atoms with Crippen LogP contribution in [-0.4, -0.2) is 9.55 Å². The van der Waals surface area contributed by atoms with Crippen molar-refractivity contribution in [2.75, 3.05) is 0 Å². The van der Waals surface area contributed by atoms with E-state index in [0.717, 1.165) is 11.3 Å². The molecule has 0 bridgehead atoms. The molecule has 5 heteroatoms. The first-order valence-corrected chi connectivity index (χ1v) is 6.86. The van der Waals surface area contributed by atoms with Crippen molar-refractivity contribution in [3.05, 3.63) is 54.0 Å². The fourth-order valence-electron chi connectivity index (χ4n) is 2.43. The first-order chi connectivity index (χ1) is 9.58. The monoisotopic (exact) mass is 292 g/mol. The molecule has 0 saturated heterocycles. The standard InChI is InChI=1S/C15H14ClFN2O/c1-9(16)15-18-12-8-11(17)5-6-13(12)19(15)10(2)14-4-3-7-20-14/h3-10H,1-2H3. The van der Waals surface area contributed by atoms with Crippen LogP contribution in [0.5, 0.6) is 0 Å². The maximum absolute atomic E-state index is 13.4. The highest BCUT2D eigenvalue weighted by Gasteiger charge is 2.21. The maximum atomic E-state index is 13.4. The second-order valence-corrected chi connectivity index (χ2v) is 5.44. The molecule has 2 unspecified atom stereocenters. The lowest BCUT2D eigenvalue weighted by Gasteiger charge is -2.16. The van der Waals surface area contributed by atoms with Crippen LogP contribution in [-0.2, 0) is 0 Å². The molecule has 0 aliphatic rings. The number of imidazole rings is 1. The molecule has 3 rings (SSSR count). The van der Waals surface area contributed by atoms with Gasteiger partial charge in [-0.05, 0) is 38.1 Å². The van der Waals surface area contributed by atoms with Crippen molar-refractivity contribution in [3.8, 4) is 0 Å². The quantitative estimate of drug-likeness (QED) is 0.656. The lowest BCUT2D eigenvalue weighted by Crippen LogP contribution is -2.10. The Kier molecular flexibility index (Phi) is 3.26. The summed E-state index contributed by atoms with van der Waals surface area (Å²) in [4.78, 5) is 4.45. The average Bonchev–Trinajstić information content (AvgIpc) is 3.04. The number of nitrogens with zero attached hydrogens (tertiary/aromatic N) is 2. The van der Waals surface area contributed by atoms with Crippen molar-refractivity contribution in [2.24, 2.45) is 0 Å². The highest BCUT2D eigenvalue weighted by Crippen LogP contribution is 2.31. The number of rotatable bonds is 3. The summed E-state index contributed by atoms with van der Waals surface area (Å²) in [6.45, 7) is 3.86. The fraction of sp³-hybridized carbons (Fsp3) is 0.267. The SMILES string of the molecule is CC(Cl)c1nc2cc(F)ccc2n1C(C)c1ccco1. The Morgan fingerprint density at radius 3 is 2.75 bits per heavy atom. The third kappa shape index (κ3) is 2.10. The van der Waals surface area contributed by atoms with Crippen molar-refractivity contribution in [1.29, 1.82) is 0 Å². The zero-order chi connectivity index (χ0) is 14.3. The zero-order valence-electron chi connectivity index (χ0n) is 11.2. The molecular formula is C15H14ClFN2O. The van der Waals surface area contributed by atoms with Gasteiger partial charge in [-0.3, -0.25) is 0 Å². The Morgan fingerprint density at radius 2 is 2.10 bits per heavy atom. The van der Waals surface area contributed by atoms with E-state index in [-0.39, 0.29) is 17.2 Å². The average molecular weight is 293 g/mol. The molecule has 2 heterocycles. The van der Waals surface area contributed by atoms with Crippen LogP contribution >= 0.6 is 11.6 Å². The van der Waals surface area contributed by atoms with Crippen LogP contribution in [0, 0.1) is 5.82 Å². The smallest absolute Gasteiger partial charge is 0.128 e. The van der Waals surface area contributed by atoms with Crippen LogP contribution in [0.15, 0.2) is 41.0 Å². The predicted molar refractivity (Wildman–Crippen MR) is 76.5 cm³/mol. The summed E-state index contributed by atoms with van der Waals surface area (Å²) < 4.78 is 20.8. The number of hydrogen-bond donors (Lipinski definition) is 0. The van der Waals surface area contributed by atoms with E-state index in [2.05, 4.69) is 4.98 Å². The van der Waals surface area contributed by atoms with Crippen molar-refractivity contribution >= 4 is 22.6 Å². The molecule has 0 aliphatic carbocycles. The molecule has 1 aromatic carbocycles. The van der Waals surface area contributed by atoms with Gasteiger partial charge in [-0.1, -0.05) is 0 Å². The number of furan rings is 1. The maximum Gasteiger partial charge on any atom is 0.128 e. The van der Waals surface area contributed by atoms with E-state index in [9.17, 15) is 4.39 Å². The number of halogens is 2. The first-order valence-electron chi connectivity index (χ1n) is 6.43. The van der Waals surface area contributed by atoms with E-state index >= 15 is 0 Å². The van der Waals surface area contributed by atoms with E-state index in [1.165, 1.54) is 12.1 Å². The lowest BCUT2D eigenvalue weighted by molar-refractivity contribution is 0.444. The minimum Gasteiger partial charge on any atom is -0.467 e. The van der Waals surface area contributed by atoms with Crippen LogP contribution in [0.25, 0.3) is 11.0 Å². The normalized spacial score (nSPS) is 14.6. The third-order valence-corrected chi connectivity index (χ3v) is 3.57. The molecule has 104 valence electrons. The molecule has 20 heavy (non-hydrogen) atoms. The Hall–Kier alpha value is -1.81. The zero-order valence-corrected chi connectivity index (χ0v) is 11.9. The molecule has 0 amide bonds. The van der Waals surface area contributed by atoms with Crippen molar-refractivity contribution in [1.82, 2.24) is 9.55 Å². The second kappa shape index (κ2) is 4.94. The largest absolute Gasteiger partial charge is 0.467 e. The van der Waals surface area contributed by atoms with Gasteiger partial charge in [-0.2, -0.15) is 0 Å². The summed E-state index contributed by atoms with van der Waals surface area (Å²) in [5.41, 5.74) is 1.45. The summed E-state index contributed by atoms with van der Waals surface area (Å²) in [5, 5.41) is -0.275. The summed E-state index contributed by atoms with van der Waals surface area (Å²) in [6.07, 6.45) is 1.63. The third-order valence-electron chi connectivity index (χ3n) is 3.38. The molecule has 2 atom stereocenters. The topological polar surface area (TPSA) is 31.0 Å². The lowest BCUT2D eigenvalue weighted by atomic mass is 10.2. The van der Waals surface area contributed by atoms with Crippen molar-refractivity contribution < 1.29 is 8.81 Å². The number of fused-ring (bicyclic) bond motifs is 1. The van der Waals surface area contributed by atoms with E-state index in [1.807, 2.05) is 30.5 Å². The van der Waals surface area contributed by atoms with Gasteiger partial charge >= 0.3 is 0 Å². The summed E-state index contributed by atoms with van der Waals surface area (Å²) in [6, 6.07) is 8.26. The highest BCUT2D eigenvalue weighted by atomic mass is 35.5. The number of alkyl halides is 1. The van der Waals surface area contributed by atoms with E-state index in [0.29, 0.717) is 11.3 Å². The molecule has 0 radical (unpaired) electrons. The Bertz CT molecular complexity index is 734. The highest BCUT2D eigenvalue weighted by molar-refractivity contribution is 6.20. The molecule has 0 saturated carbocycles. The number of hydrogen-bond acceptors (Lipinski definition) is 2. The van der Waals surface area contributed by atoms with Gasteiger partial charge in [0.05, 0.1) is 28.7 Å². The van der Waals surface area contributed by atoms with Gasteiger partial charge in [0.2, 0.25) is 0 Å². The van der Waals surface area contributed by atoms with Gasteiger partial charge in [0.15, 0.2) is 0 Å². The summed E-state index contributed by atoms with van der Waals surface area (Å²) in [7, 11) is 0. The molecule has 3 nitrogen and oxygen atoms in total. The molecule has 3 aromatic rings. The predicted octanol–water partition coefficient (Wildman–Crippen LogP) is 4.68.